The van der Waals surface area contributed by atoms with Gasteiger partial charge in [-0.05, 0) is 28.8 Å². The number of aliphatic hydroxyl groups excluding tert-OH is 1. The summed E-state index contributed by atoms with van der Waals surface area (Å²) < 4.78 is 0. The number of rotatable bonds is 7. The maximum absolute atomic E-state index is 13.9. The molecule has 0 saturated carbocycles. The molecule has 182 valence electrons. The summed E-state index contributed by atoms with van der Waals surface area (Å²) in [6.07, 6.45) is -1.04. The number of hydrogen-bond acceptors (Lipinski definition) is 6. The third kappa shape index (κ3) is 5.73. The molecule has 0 aliphatic heterocycles. The van der Waals surface area contributed by atoms with Crippen LogP contribution < -0.4 is 10.8 Å². The van der Waals surface area contributed by atoms with E-state index in [9.17, 15) is 24.6 Å². The second kappa shape index (κ2) is 10.2. The molecule has 3 rings (SSSR count). The molecule has 2 aromatic rings. The van der Waals surface area contributed by atoms with Crippen molar-refractivity contribution in [1.82, 2.24) is 15.7 Å². The normalized spacial score (nSPS) is 18.0. The first-order chi connectivity index (χ1) is 16.0. The topological polar surface area (TPSA) is 139 Å². The van der Waals surface area contributed by atoms with Gasteiger partial charge in [0.1, 0.15) is 11.8 Å². The number of nitrogens with one attached hydrogen (secondary N) is 2. The summed E-state index contributed by atoms with van der Waals surface area (Å²) in [7, 11) is 0. The van der Waals surface area contributed by atoms with Crippen LogP contribution in [-0.4, -0.2) is 50.2 Å². The second-order valence-corrected chi connectivity index (χ2v) is 9.57. The van der Waals surface area contributed by atoms with Crippen LogP contribution >= 0.6 is 0 Å². The zero-order chi connectivity index (χ0) is 25.0. The van der Waals surface area contributed by atoms with Gasteiger partial charge in [-0.3, -0.25) is 19.6 Å². The molecule has 0 aromatic heterocycles. The number of aliphatic hydroxyl groups is 1. The lowest BCUT2D eigenvalue weighted by molar-refractivity contribution is -0.145. The fraction of sp³-hybridized carbons (Fsp3) is 0.400. The van der Waals surface area contributed by atoms with Crippen molar-refractivity contribution in [2.75, 3.05) is 0 Å². The minimum atomic E-state index is -1.28. The molecule has 1 aliphatic rings. The van der Waals surface area contributed by atoms with Gasteiger partial charge in [-0.1, -0.05) is 57.2 Å². The largest absolute Gasteiger partial charge is 0.508 e. The lowest BCUT2D eigenvalue weighted by Gasteiger charge is -2.35. The van der Waals surface area contributed by atoms with Crippen molar-refractivity contribution in [1.29, 1.82) is 0 Å². The zero-order valence-electron chi connectivity index (χ0n) is 19.5. The Kier molecular flexibility index (Phi) is 7.58. The number of amides is 3. The molecule has 1 aliphatic carbocycles. The molecule has 9 nitrogen and oxygen atoms in total. The van der Waals surface area contributed by atoms with Crippen LogP contribution in [0.3, 0.4) is 0 Å². The van der Waals surface area contributed by atoms with Crippen molar-refractivity contribution in [3.8, 4) is 5.75 Å². The molecule has 0 bridgehead atoms. The van der Waals surface area contributed by atoms with E-state index >= 15 is 0 Å². The van der Waals surface area contributed by atoms with Gasteiger partial charge in [-0.2, -0.15) is 0 Å². The van der Waals surface area contributed by atoms with E-state index in [1.54, 1.807) is 32.9 Å². The van der Waals surface area contributed by atoms with Crippen LogP contribution in [0.1, 0.15) is 49.9 Å². The summed E-state index contributed by atoms with van der Waals surface area (Å²) in [4.78, 5) is 40.0. The lowest BCUT2D eigenvalue weighted by Crippen LogP contribution is -2.54. The van der Waals surface area contributed by atoms with Gasteiger partial charge >= 0.3 is 0 Å². The monoisotopic (exact) mass is 469 g/mol. The van der Waals surface area contributed by atoms with Crippen LogP contribution in [0.15, 0.2) is 48.5 Å². The SMILES string of the molecule is CC(C)(C)C(=O)N[C@H](CC(=O)NO)C(=O)N(Cc1cccc(O)c1)[C@H]1c2ccccc2C[C@H]1O. The summed E-state index contributed by atoms with van der Waals surface area (Å²) >= 11 is 0. The molecule has 0 radical (unpaired) electrons. The highest BCUT2D eigenvalue weighted by molar-refractivity contribution is 5.93. The van der Waals surface area contributed by atoms with Crippen LogP contribution in [-0.2, 0) is 27.3 Å². The third-order valence-corrected chi connectivity index (χ3v) is 5.85. The Hall–Kier alpha value is -3.43. The Morgan fingerprint density at radius 3 is 2.47 bits per heavy atom. The molecule has 0 saturated heterocycles. The van der Waals surface area contributed by atoms with Crippen molar-refractivity contribution < 1.29 is 29.8 Å². The number of nitrogens with zero attached hydrogens (tertiary/aromatic N) is 1. The molecule has 0 spiro atoms. The number of hydrogen-bond donors (Lipinski definition) is 5. The van der Waals surface area contributed by atoms with Crippen molar-refractivity contribution in [2.45, 2.75) is 58.3 Å². The van der Waals surface area contributed by atoms with E-state index in [0.29, 0.717) is 12.0 Å². The van der Waals surface area contributed by atoms with E-state index in [-0.39, 0.29) is 12.3 Å². The fourth-order valence-corrected chi connectivity index (χ4v) is 4.10. The van der Waals surface area contributed by atoms with E-state index in [2.05, 4.69) is 5.32 Å². The van der Waals surface area contributed by atoms with E-state index in [1.807, 2.05) is 24.3 Å². The average molecular weight is 470 g/mol. The van der Waals surface area contributed by atoms with Gasteiger partial charge in [0.05, 0.1) is 18.6 Å². The molecule has 34 heavy (non-hydrogen) atoms. The predicted molar refractivity (Wildman–Crippen MR) is 123 cm³/mol. The van der Waals surface area contributed by atoms with Gasteiger partial charge in [0.25, 0.3) is 0 Å². The van der Waals surface area contributed by atoms with E-state index in [4.69, 9.17) is 5.21 Å². The smallest absolute Gasteiger partial charge is 0.246 e. The standard InChI is InChI=1S/C25H31N3O6/c1-25(2,3)24(33)26-19(13-21(31)27-34)23(32)28(14-15-7-6-9-17(29)11-15)22-18-10-5-4-8-16(18)12-20(22)30/h4-11,19-20,22,29-30,34H,12-14H2,1-3H3,(H,26,33)(H,27,31)/t19-,20-,22+/m1/s1. The molecule has 2 aromatic carbocycles. The molecule has 3 atom stereocenters. The summed E-state index contributed by atoms with van der Waals surface area (Å²) in [5.41, 5.74) is 2.96. The molecule has 0 fully saturated rings. The fourth-order valence-electron chi connectivity index (χ4n) is 4.10. The van der Waals surface area contributed by atoms with Crippen LogP contribution in [0.2, 0.25) is 0 Å². The highest BCUT2D eigenvalue weighted by Crippen LogP contribution is 2.37. The molecular formula is C25H31N3O6. The van der Waals surface area contributed by atoms with Gasteiger partial charge < -0.3 is 20.4 Å². The van der Waals surface area contributed by atoms with Gasteiger partial charge in [0.2, 0.25) is 17.7 Å². The summed E-state index contributed by atoms with van der Waals surface area (Å²) in [6.45, 7) is 5.05. The number of phenolic OH excluding ortho intramolecular Hbond substituents is 1. The molecule has 5 N–H and O–H groups in total. The minimum Gasteiger partial charge on any atom is -0.508 e. The summed E-state index contributed by atoms with van der Waals surface area (Å²) in [5.74, 6) is -1.85. The Morgan fingerprint density at radius 2 is 1.82 bits per heavy atom. The number of carbonyl (C=O) groups excluding carboxylic acids is 3. The van der Waals surface area contributed by atoms with Crippen molar-refractivity contribution >= 4 is 17.7 Å². The minimum absolute atomic E-state index is 0.0198. The van der Waals surface area contributed by atoms with Crippen molar-refractivity contribution in [3.63, 3.8) is 0 Å². The van der Waals surface area contributed by atoms with E-state index in [1.165, 1.54) is 22.5 Å². The summed E-state index contributed by atoms with van der Waals surface area (Å²) in [5, 5.41) is 32.5. The zero-order valence-corrected chi connectivity index (χ0v) is 19.5. The molecule has 0 unspecified atom stereocenters. The molecule has 3 amide bonds. The van der Waals surface area contributed by atoms with Gasteiger partial charge in [0.15, 0.2) is 0 Å². The molecule has 0 heterocycles. The highest BCUT2D eigenvalue weighted by Gasteiger charge is 2.41. The van der Waals surface area contributed by atoms with Crippen LogP contribution in [0.25, 0.3) is 0 Å². The number of carbonyl (C=O) groups is 3. The quantitative estimate of drug-likeness (QED) is 0.310. The molecule has 9 heteroatoms. The number of aromatic hydroxyl groups is 1. The third-order valence-electron chi connectivity index (χ3n) is 5.85. The van der Waals surface area contributed by atoms with E-state index in [0.717, 1.165) is 11.1 Å². The van der Waals surface area contributed by atoms with Gasteiger partial charge in [-0.25, -0.2) is 5.48 Å². The average Bonchev–Trinajstić information content (AvgIpc) is 3.11. The van der Waals surface area contributed by atoms with Crippen molar-refractivity contribution in [3.05, 3.63) is 65.2 Å². The Bertz CT molecular complexity index is 1060. The first kappa shape index (κ1) is 25.2. The number of phenols is 1. The number of benzene rings is 2. The first-order valence-corrected chi connectivity index (χ1v) is 11.1. The maximum Gasteiger partial charge on any atom is 0.246 e. The van der Waals surface area contributed by atoms with Crippen molar-refractivity contribution in [2.24, 2.45) is 5.41 Å². The van der Waals surface area contributed by atoms with Crippen LogP contribution in [0.4, 0.5) is 0 Å². The van der Waals surface area contributed by atoms with Crippen LogP contribution in [0, 0.1) is 5.41 Å². The highest BCUT2D eigenvalue weighted by atomic mass is 16.5. The maximum atomic E-state index is 13.9. The van der Waals surface area contributed by atoms with Crippen LogP contribution in [0.5, 0.6) is 5.75 Å². The predicted octanol–water partition coefficient (Wildman–Crippen LogP) is 1.81. The Morgan fingerprint density at radius 1 is 1.12 bits per heavy atom. The Balaban J connectivity index is 2.02. The van der Waals surface area contributed by atoms with Gasteiger partial charge in [0, 0.05) is 18.4 Å². The number of hydroxylamine groups is 1. The summed E-state index contributed by atoms with van der Waals surface area (Å²) in [6, 6.07) is 11.8. The second-order valence-electron chi connectivity index (χ2n) is 9.57. The molecular weight excluding hydrogens is 438 g/mol. The Labute approximate surface area is 198 Å². The number of fused-ring (bicyclic) bond motifs is 1. The van der Waals surface area contributed by atoms with E-state index < -0.39 is 47.7 Å². The van der Waals surface area contributed by atoms with Gasteiger partial charge in [-0.15, -0.1) is 0 Å². The first-order valence-electron chi connectivity index (χ1n) is 11.1. The lowest BCUT2D eigenvalue weighted by atomic mass is 9.94.